The standard InChI is InChI=1S/C16H23N/c1-3-13-10-16(13,11-17-15-8-9-15)14-6-4-12(2)5-7-14/h4-7,13,15,17H,3,8-11H2,1-2H3. The lowest BCUT2D eigenvalue weighted by Crippen LogP contribution is -2.30. The molecule has 17 heavy (non-hydrogen) atoms. The van der Waals surface area contributed by atoms with Gasteiger partial charge in [-0.2, -0.15) is 0 Å². The van der Waals surface area contributed by atoms with Crippen molar-refractivity contribution in [3.8, 4) is 0 Å². The Morgan fingerprint density at radius 2 is 1.94 bits per heavy atom. The molecule has 3 rings (SSSR count). The molecule has 0 spiro atoms. The quantitative estimate of drug-likeness (QED) is 0.816. The van der Waals surface area contributed by atoms with Gasteiger partial charge in [0.2, 0.25) is 0 Å². The van der Waals surface area contributed by atoms with Crippen molar-refractivity contribution in [1.82, 2.24) is 5.32 Å². The average molecular weight is 229 g/mol. The molecule has 2 atom stereocenters. The number of aryl methyl sites for hydroxylation is 1. The van der Waals surface area contributed by atoms with Gasteiger partial charge in [0, 0.05) is 18.0 Å². The van der Waals surface area contributed by atoms with E-state index in [1.807, 2.05) is 0 Å². The number of hydrogen-bond acceptors (Lipinski definition) is 1. The van der Waals surface area contributed by atoms with E-state index in [9.17, 15) is 0 Å². The minimum atomic E-state index is 0.463. The summed E-state index contributed by atoms with van der Waals surface area (Å²) in [5.74, 6) is 0.899. The zero-order valence-electron chi connectivity index (χ0n) is 11.0. The highest BCUT2D eigenvalue weighted by atomic mass is 15.0. The Kier molecular flexibility index (Phi) is 2.74. The first-order chi connectivity index (χ1) is 8.24. The van der Waals surface area contributed by atoms with Crippen LogP contribution in [0, 0.1) is 12.8 Å². The van der Waals surface area contributed by atoms with Gasteiger partial charge in [0.05, 0.1) is 0 Å². The van der Waals surface area contributed by atoms with Crippen molar-refractivity contribution in [2.75, 3.05) is 6.54 Å². The van der Waals surface area contributed by atoms with Crippen molar-refractivity contribution in [3.05, 3.63) is 35.4 Å². The molecule has 0 aromatic heterocycles. The van der Waals surface area contributed by atoms with Gasteiger partial charge in [-0.25, -0.2) is 0 Å². The summed E-state index contributed by atoms with van der Waals surface area (Å²) in [5.41, 5.74) is 3.39. The number of benzene rings is 1. The van der Waals surface area contributed by atoms with Crippen molar-refractivity contribution < 1.29 is 0 Å². The van der Waals surface area contributed by atoms with E-state index >= 15 is 0 Å². The van der Waals surface area contributed by atoms with E-state index in [1.165, 1.54) is 37.8 Å². The summed E-state index contributed by atoms with van der Waals surface area (Å²) in [6.45, 7) is 5.69. The highest BCUT2D eigenvalue weighted by Gasteiger charge is 2.53. The topological polar surface area (TPSA) is 12.0 Å². The average Bonchev–Trinajstić information content (AvgIpc) is 3.23. The highest BCUT2D eigenvalue weighted by molar-refractivity contribution is 5.36. The molecule has 0 bridgehead atoms. The predicted molar refractivity (Wildman–Crippen MR) is 72.3 cm³/mol. The van der Waals surface area contributed by atoms with E-state index in [0.29, 0.717) is 5.41 Å². The third kappa shape index (κ3) is 2.13. The minimum absolute atomic E-state index is 0.463. The summed E-state index contributed by atoms with van der Waals surface area (Å²) in [5, 5.41) is 3.74. The van der Waals surface area contributed by atoms with Crippen LogP contribution in [0.25, 0.3) is 0 Å². The first-order valence-corrected chi connectivity index (χ1v) is 7.05. The molecule has 1 aromatic rings. The molecular formula is C16H23N. The Hall–Kier alpha value is -0.820. The molecule has 1 N–H and O–H groups in total. The van der Waals surface area contributed by atoms with Crippen LogP contribution in [0.1, 0.15) is 43.7 Å². The molecule has 0 heterocycles. The number of hydrogen-bond donors (Lipinski definition) is 1. The molecule has 2 aliphatic rings. The molecule has 92 valence electrons. The van der Waals surface area contributed by atoms with Crippen LogP contribution in [0.3, 0.4) is 0 Å². The van der Waals surface area contributed by atoms with Crippen LogP contribution in [-0.4, -0.2) is 12.6 Å². The lowest BCUT2D eigenvalue weighted by molar-refractivity contribution is 0.522. The SMILES string of the molecule is CCC1CC1(CNC1CC1)c1ccc(C)cc1. The fourth-order valence-corrected chi connectivity index (χ4v) is 3.09. The Labute approximate surface area is 105 Å². The van der Waals surface area contributed by atoms with Crippen LogP contribution in [0.2, 0.25) is 0 Å². The van der Waals surface area contributed by atoms with Crippen LogP contribution >= 0.6 is 0 Å². The van der Waals surface area contributed by atoms with Gasteiger partial charge < -0.3 is 5.32 Å². The molecule has 2 aliphatic carbocycles. The van der Waals surface area contributed by atoms with Crippen molar-refractivity contribution >= 4 is 0 Å². The second kappa shape index (κ2) is 4.13. The Morgan fingerprint density at radius 1 is 1.24 bits per heavy atom. The van der Waals surface area contributed by atoms with E-state index < -0.39 is 0 Å². The molecular weight excluding hydrogens is 206 g/mol. The first kappa shape index (κ1) is 11.3. The molecule has 1 aromatic carbocycles. The molecule has 0 radical (unpaired) electrons. The molecule has 2 saturated carbocycles. The van der Waals surface area contributed by atoms with Gasteiger partial charge in [-0.05, 0) is 37.7 Å². The largest absolute Gasteiger partial charge is 0.313 e. The van der Waals surface area contributed by atoms with Crippen molar-refractivity contribution in [2.24, 2.45) is 5.92 Å². The van der Waals surface area contributed by atoms with Gasteiger partial charge in [0.15, 0.2) is 0 Å². The zero-order valence-corrected chi connectivity index (χ0v) is 11.0. The molecule has 1 heteroatoms. The van der Waals surface area contributed by atoms with E-state index in [-0.39, 0.29) is 0 Å². The summed E-state index contributed by atoms with van der Waals surface area (Å²) >= 11 is 0. The Morgan fingerprint density at radius 3 is 2.47 bits per heavy atom. The predicted octanol–water partition coefficient (Wildman–Crippen LogP) is 3.41. The second-order valence-corrected chi connectivity index (χ2v) is 5.99. The van der Waals surface area contributed by atoms with Gasteiger partial charge in [-0.1, -0.05) is 43.2 Å². The van der Waals surface area contributed by atoms with E-state index in [0.717, 1.165) is 12.0 Å². The summed E-state index contributed by atoms with van der Waals surface area (Å²) in [7, 11) is 0. The summed E-state index contributed by atoms with van der Waals surface area (Å²) in [4.78, 5) is 0. The smallest absolute Gasteiger partial charge is 0.0109 e. The van der Waals surface area contributed by atoms with E-state index in [1.54, 1.807) is 5.56 Å². The van der Waals surface area contributed by atoms with Gasteiger partial charge in [-0.15, -0.1) is 0 Å². The van der Waals surface area contributed by atoms with Crippen LogP contribution in [-0.2, 0) is 5.41 Å². The maximum Gasteiger partial charge on any atom is 0.0109 e. The zero-order chi connectivity index (χ0) is 11.9. The van der Waals surface area contributed by atoms with Gasteiger partial charge in [-0.3, -0.25) is 0 Å². The maximum absolute atomic E-state index is 3.74. The van der Waals surface area contributed by atoms with Gasteiger partial charge in [0.1, 0.15) is 0 Å². The van der Waals surface area contributed by atoms with Crippen molar-refractivity contribution in [3.63, 3.8) is 0 Å². The van der Waals surface area contributed by atoms with Crippen LogP contribution < -0.4 is 5.32 Å². The fraction of sp³-hybridized carbons (Fsp3) is 0.625. The van der Waals surface area contributed by atoms with Gasteiger partial charge in [0.25, 0.3) is 0 Å². The molecule has 2 unspecified atom stereocenters. The summed E-state index contributed by atoms with van der Waals surface area (Å²) in [6.07, 6.45) is 5.48. The van der Waals surface area contributed by atoms with Crippen molar-refractivity contribution in [2.45, 2.75) is 51.0 Å². The molecule has 0 amide bonds. The van der Waals surface area contributed by atoms with E-state index in [4.69, 9.17) is 0 Å². The monoisotopic (exact) mass is 229 g/mol. The summed E-state index contributed by atoms with van der Waals surface area (Å²) < 4.78 is 0. The molecule has 1 nitrogen and oxygen atoms in total. The molecule has 0 aliphatic heterocycles. The Bertz CT molecular complexity index is 390. The van der Waals surface area contributed by atoms with E-state index in [2.05, 4.69) is 43.4 Å². The van der Waals surface area contributed by atoms with Crippen LogP contribution in [0.5, 0.6) is 0 Å². The third-order valence-electron chi connectivity index (χ3n) is 4.63. The first-order valence-electron chi connectivity index (χ1n) is 7.05. The second-order valence-electron chi connectivity index (χ2n) is 5.99. The minimum Gasteiger partial charge on any atom is -0.313 e. The number of nitrogens with one attached hydrogen (secondary N) is 1. The third-order valence-corrected chi connectivity index (χ3v) is 4.63. The van der Waals surface area contributed by atoms with Crippen LogP contribution in [0.4, 0.5) is 0 Å². The normalized spacial score (nSPS) is 31.5. The summed E-state index contributed by atoms with van der Waals surface area (Å²) in [6, 6.07) is 10.0. The lowest BCUT2D eigenvalue weighted by atomic mass is 9.91. The highest BCUT2D eigenvalue weighted by Crippen LogP contribution is 2.55. The van der Waals surface area contributed by atoms with Crippen molar-refractivity contribution in [1.29, 1.82) is 0 Å². The van der Waals surface area contributed by atoms with Crippen LogP contribution in [0.15, 0.2) is 24.3 Å². The Balaban J connectivity index is 1.76. The molecule has 2 fully saturated rings. The molecule has 0 saturated heterocycles. The lowest BCUT2D eigenvalue weighted by Gasteiger charge is -2.19. The maximum atomic E-state index is 3.74. The fourth-order valence-electron chi connectivity index (χ4n) is 3.09. The van der Waals surface area contributed by atoms with Gasteiger partial charge >= 0.3 is 0 Å². The number of rotatable bonds is 5.